The number of ketones is 1. The molecule has 1 aliphatic rings. The molecule has 0 bridgehead atoms. The van der Waals surface area contributed by atoms with Crippen LogP contribution in [-0.2, 0) is 23.9 Å². The number of Topliss-reactive ketones (excluding diaryl/α,β-unsaturated/α-hetero) is 1. The van der Waals surface area contributed by atoms with Gasteiger partial charge in [0, 0.05) is 12.3 Å². The van der Waals surface area contributed by atoms with Gasteiger partial charge in [-0.1, -0.05) is 6.92 Å². The predicted octanol–water partition coefficient (Wildman–Crippen LogP) is 2.06. The molecule has 1 aliphatic heterocycles. The first kappa shape index (κ1) is 29.9. The zero-order chi connectivity index (χ0) is 29.6. The van der Waals surface area contributed by atoms with E-state index < -0.39 is 89.2 Å². The molecule has 0 radical (unpaired) electrons. The van der Waals surface area contributed by atoms with Gasteiger partial charge in [-0.3, -0.25) is 24.0 Å². The van der Waals surface area contributed by atoms with Crippen molar-refractivity contribution < 1.29 is 51.3 Å². The van der Waals surface area contributed by atoms with E-state index in [4.69, 9.17) is 4.74 Å². The predicted molar refractivity (Wildman–Crippen MR) is 128 cm³/mol. The molecule has 2 amide bonds. The lowest BCUT2D eigenvalue weighted by Crippen LogP contribution is -2.48. The van der Waals surface area contributed by atoms with Crippen LogP contribution in [0.4, 0.5) is 23.2 Å². The minimum absolute atomic E-state index is 0.0220. The number of carboxylic acids is 1. The summed E-state index contributed by atoms with van der Waals surface area (Å²) in [6.07, 6.45) is 3.07. The molecule has 1 aromatic carbocycles. The highest BCUT2D eigenvalue weighted by atomic mass is 19.2. The number of hydrogen-bond donors (Lipinski definition) is 3. The monoisotopic (exact) mass is 569 g/mol. The van der Waals surface area contributed by atoms with Gasteiger partial charge in [-0.25, -0.2) is 8.78 Å². The van der Waals surface area contributed by atoms with E-state index in [2.05, 4.69) is 15.4 Å². The average molecular weight is 569 g/mol. The Morgan fingerprint density at radius 1 is 1.18 bits per heavy atom. The molecular weight excluding hydrogens is 546 g/mol. The summed E-state index contributed by atoms with van der Waals surface area (Å²) in [7, 11) is 0. The maximum absolute atomic E-state index is 13.8. The summed E-state index contributed by atoms with van der Waals surface area (Å²) in [5, 5.41) is 13.8. The molecule has 15 heteroatoms. The number of amides is 2. The van der Waals surface area contributed by atoms with Gasteiger partial charge in [-0.2, -0.15) is 8.78 Å². The quantitative estimate of drug-likeness (QED) is 0.260. The number of nitrogens with zero attached hydrogens (tertiary/aromatic N) is 1. The van der Waals surface area contributed by atoms with Gasteiger partial charge in [-0.05, 0) is 24.6 Å². The second-order valence-corrected chi connectivity index (χ2v) is 8.53. The molecule has 3 atom stereocenters. The molecule has 11 nitrogen and oxygen atoms in total. The Labute approximate surface area is 223 Å². The summed E-state index contributed by atoms with van der Waals surface area (Å²) in [6.45, 7) is 0.347. The van der Waals surface area contributed by atoms with E-state index >= 15 is 0 Å². The van der Waals surface area contributed by atoms with Gasteiger partial charge >= 0.3 is 5.97 Å². The fourth-order valence-corrected chi connectivity index (χ4v) is 3.72. The third kappa shape index (κ3) is 6.84. The molecule has 2 heterocycles. The molecule has 0 saturated heterocycles. The first-order valence-corrected chi connectivity index (χ1v) is 11.8. The number of ether oxygens (including phenoxy) is 2. The standard InChI is InChI=1S/C25H23F4N3O8/c1-2-17(32-6-3-4-15(25(32)38)30-23(36)12-5-7-39-10-12)24(37)31-16(9-19(34)35)18(33)11-40-22-20(28)13(26)8-14(27)21(22)29/h3-8,12,16-17H,2,9-11H2,1H3,(H,30,36)(H,31,37)(H,34,35)/t12?,16-,17-/m0/s1. The molecule has 214 valence electrons. The highest BCUT2D eigenvalue weighted by molar-refractivity contribution is 5.94. The Morgan fingerprint density at radius 3 is 2.42 bits per heavy atom. The number of halogens is 4. The molecule has 1 aromatic heterocycles. The van der Waals surface area contributed by atoms with Crippen LogP contribution in [0.5, 0.6) is 5.75 Å². The van der Waals surface area contributed by atoms with E-state index in [1.807, 2.05) is 0 Å². The minimum atomic E-state index is -1.92. The number of carbonyl (C=O) groups excluding carboxylic acids is 3. The van der Waals surface area contributed by atoms with Crippen molar-refractivity contribution in [2.45, 2.75) is 31.8 Å². The van der Waals surface area contributed by atoms with Gasteiger partial charge in [0.05, 0.1) is 18.6 Å². The fourth-order valence-electron chi connectivity index (χ4n) is 3.72. The number of anilines is 1. The van der Waals surface area contributed by atoms with Gasteiger partial charge < -0.3 is 29.8 Å². The summed E-state index contributed by atoms with van der Waals surface area (Å²) in [4.78, 5) is 62.4. The van der Waals surface area contributed by atoms with E-state index in [1.165, 1.54) is 37.6 Å². The topological polar surface area (TPSA) is 153 Å². The van der Waals surface area contributed by atoms with E-state index in [0.717, 1.165) is 4.57 Å². The Balaban J connectivity index is 1.77. The van der Waals surface area contributed by atoms with Gasteiger partial charge in [0.1, 0.15) is 31.0 Å². The maximum Gasteiger partial charge on any atom is 0.305 e. The number of aliphatic carboxylic acids is 1. The SMILES string of the molecule is CC[C@@H](C(=O)N[C@@H](CC(=O)O)C(=O)COc1c(F)c(F)cc(F)c1F)n1cccc(NC(=O)C2C=COC2)c1=O. The molecular formula is C25H23F4N3O8. The first-order chi connectivity index (χ1) is 18.9. The number of rotatable bonds is 12. The molecule has 0 aliphatic carbocycles. The molecule has 0 saturated carbocycles. The number of benzene rings is 1. The molecule has 0 spiro atoms. The van der Waals surface area contributed by atoms with Crippen molar-refractivity contribution in [1.29, 1.82) is 0 Å². The van der Waals surface area contributed by atoms with Crippen LogP contribution in [0.2, 0.25) is 0 Å². The van der Waals surface area contributed by atoms with Crippen LogP contribution in [-0.4, -0.2) is 52.5 Å². The van der Waals surface area contributed by atoms with Crippen molar-refractivity contribution in [3.05, 3.63) is 70.4 Å². The average Bonchev–Trinajstić information content (AvgIpc) is 3.44. The van der Waals surface area contributed by atoms with Crippen molar-refractivity contribution >= 4 is 29.3 Å². The molecule has 3 N–H and O–H groups in total. The molecule has 0 fully saturated rings. The number of carboxylic acid groups (broad SMARTS) is 1. The van der Waals surface area contributed by atoms with Crippen LogP contribution in [0, 0.1) is 29.2 Å². The molecule has 3 rings (SSSR count). The zero-order valence-electron chi connectivity index (χ0n) is 20.8. The van der Waals surface area contributed by atoms with E-state index in [9.17, 15) is 46.6 Å². The zero-order valence-corrected chi connectivity index (χ0v) is 20.8. The van der Waals surface area contributed by atoms with E-state index in [0.29, 0.717) is 0 Å². The maximum atomic E-state index is 13.8. The number of hydrogen-bond acceptors (Lipinski definition) is 7. The van der Waals surface area contributed by atoms with Crippen LogP contribution in [0.15, 0.2) is 41.5 Å². The number of carbonyl (C=O) groups is 4. The summed E-state index contributed by atoms with van der Waals surface area (Å²) >= 11 is 0. The van der Waals surface area contributed by atoms with Gasteiger partial charge in [-0.15, -0.1) is 0 Å². The first-order valence-electron chi connectivity index (χ1n) is 11.8. The Kier molecular flexibility index (Phi) is 9.63. The van der Waals surface area contributed by atoms with Crippen LogP contribution in [0.25, 0.3) is 0 Å². The second kappa shape index (κ2) is 12.9. The van der Waals surface area contributed by atoms with Crippen LogP contribution < -0.4 is 20.9 Å². The van der Waals surface area contributed by atoms with E-state index in [-0.39, 0.29) is 24.8 Å². The highest BCUT2D eigenvalue weighted by Gasteiger charge is 2.30. The Hall–Kier alpha value is -4.69. The lowest BCUT2D eigenvalue weighted by Gasteiger charge is -2.22. The van der Waals surface area contributed by atoms with Crippen molar-refractivity contribution in [1.82, 2.24) is 9.88 Å². The number of aromatic nitrogens is 1. The Morgan fingerprint density at radius 2 is 1.85 bits per heavy atom. The molecule has 40 heavy (non-hydrogen) atoms. The Bertz CT molecular complexity index is 1380. The number of nitrogens with one attached hydrogen (secondary N) is 2. The van der Waals surface area contributed by atoms with Crippen molar-refractivity contribution in [3.8, 4) is 5.75 Å². The second-order valence-electron chi connectivity index (χ2n) is 8.53. The lowest BCUT2D eigenvalue weighted by molar-refractivity contribution is -0.140. The summed E-state index contributed by atoms with van der Waals surface area (Å²) in [5.41, 5.74) is -0.929. The van der Waals surface area contributed by atoms with Crippen LogP contribution in [0.1, 0.15) is 25.8 Å². The van der Waals surface area contributed by atoms with E-state index in [1.54, 1.807) is 0 Å². The van der Waals surface area contributed by atoms with Crippen LogP contribution >= 0.6 is 0 Å². The largest absolute Gasteiger partial charge is 0.500 e. The van der Waals surface area contributed by atoms with Crippen molar-refractivity contribution in [3.63, 3.8) is 0 Å². The summed E-state index contributed by atoms with van der Waals surface area (Å²) in [6, 6.07) is -0.473. The number of pyridine rings is 1. The van der Waals surface area contributed by atoms with Gasteiger partial charge in [0.25, 0.3) is 5.56 Å². The van der Waals surface area contributed by atoms with Gasteiger partial charge in [0.15, 0.2) is 23.2 Å². The summed E-state index contributed by atoms with van der Waals surface area (Å²) < 4.78 is 65.0. The smallest absolute Gasteiger partial charge is 0.305 e. The lowest BCUT2D eigenvalue weighted by atomic mass is 10.1. The summed E-state index contributed by atoms with van der Waals surface area (Å²) in [5.74, 6) is -13.8. The fraction of sp³-hybridized carbons (Fsp3) is 0.320. The third-order valence-corrected chi connectivity index (χ3v) is 5.79. The molecule has 1 unspecified atom stereocenters. The molecule has 2 aromatic rings. The van der Waals surface area contributed by atoms with Crippen molar-refractivity contribution in [2.24, 2.45) is 5.92 Å². The normalized spacial score (nSPS) is 15.6. The van der Waals surface area contributed by atoms with Crippen LogP contribution in [0.3, 0.4) is 0 Å². The highest BCUT2D eigenvalue weighted by Crippen LogP contribution is 2.26. The van der Waals surface area contributed by atoms with Gasteiger partial charge in [0.2, 0.25) is 23.4 Å². The third-order valence-electron chi connectivity index (χ3n) is 5.79. The van der Waals surface area contributed by atoms with Crippen molar-refractivity contribution in [2.75, 3.05) is 18.5 Å². The minimum Gasteiger partial charge on any atom is -0.500 e.